The van der Waals surface area contributed by atoms with E-state index < -0.39 is 0 Å². The van der Waals surface area contributed by atoms with Crippen LogP contribution in [0.3, 0.4) is 0 Å². The number of fused-ring (bicyclic) bond motifs is 1. The molecule has 0 saturated heterocycles. The lowest BCUT2D eigenvalue weighted by Crippen LogP contribution is -2.25. The zero-order valence-electron chi connectivity index (χ0n) is 9.29. The van der Waals surface area contributed by atoms with Gasteiger partial charge in [0.15, 0.2) is 5.43 Å². The molecule has 0 atom stereocenters. The van der Waals surface area contributed by atoms with Gasteiger partial charge in [-0.1, -0.05) is 0 Å². The Morgan fingerprint density at radius 2 is 2.25 bits per heavy atom. The van der Waals surface area contributed by atoms with Crippen molar-refractivity contribution in [2.24, 2.45) is 5.84 Å². The minimum absolute atomic E-state index is 0.0169. The average Bonchev–Trinajstić information content (AvgIpc) is 2.21. The van der Waals surface area contributed by atoms with E-state index in [1.807, 2.05) is 19.9 Å². The maximum absolute atomic E-state index is 12.1. The van der Waals surface area contributed by atoms with Crippen molar-refractivity contribution in [3.8, 4) is 0 Å². The molecule has 2 heterocycles. The van der Waals surface area contributed by atoms with E-state index in [4.69, 9.17) is 5.84 Å². The van der Waals surface area contributed by atoms with E-state index in [9.17, 15) is 4.79 Å². The van der Waals surface area contributed by atoms with Crippen LogP contribution in [0.25, 0.3) is 11.0 Å². The number of nitrogens with one attached hydrogen (secondary N) is 2. The molecule has 0 saturated carbocycles. The highest BCUT2D eigenvalue weighted by Crippen LogP contribution is 2.12. The Labute approximate surface area is 92.7 Å². The van der Waals surface area contributed by atoms with Crippen molar-refractivity contribution in [3.63, 3.8) is 0 Å². The lowest BCUT2D eigenvalue weighted by molar-refractivity contribution is 0.736. The Balaban J connectivity index is 2.79. The van der Waals surface area contributed by atoms with Crippen LogP contribution in [0.15, 0.2) is 17.1 Å². The number of aromatic amines is 1. The summed E-state index contributed by atoms with van der Waals surface area (Å²) in [6.07, 6.45) is 1.65. The first-order chi connectivity index (χ1) is 7.63. The number of aromatic nitrogens is 2. The minimum Gasteiger partial charge on any atom is -0.346 e. The standard InChI is InChI=1S/C11H14N4O/c1-6-3-7(2)15-11-9(6)10(16)8(4-13-11)5-14-12/h3-4,14H,5,12H2,1-2H3,(H,13,15,16). The number of nitrogens with two attached hydrogens (primary N) is 1. The molecular formula is C11H14N4O. The van der Waals surface area contributed by atoms with Crippen LogP contribution < -0.4 is 16.7 Å². The maximum atomic E-state index is 12.1. The van der Waals surface area contributed by atoms with Gasteiger partial charge in [0.25, 0.3) is 0 Å². The van der Waals surface area contributed by atoms with Crippen LogP contribution in [0, 0.1) is 13.8 Å². The Bertz CT molecular complexity index is 588. The van der Waals surface area contributed by atoms with Gasteiger partial charge < -0.3 is 4.98 Å². The molecule has 0 aliphatic carbocycles. The molecule has 0 unspecified atom stereocenters. The Morgan fingerprint density at radius 3 is 2.94 bits per heavy atom. The van der Waals surface area contributed by atoms with Gasteiger partial charge in [0, 0.05) is 24.0 Å². The number of H-pyrrole nitrogens is 1. The molecule has 0 bridgehead atoms. The molecule has 2 aromatic heterocycles. The van der Waals surface area contributed by atoms with Crippen molar-refractivity contribution in [3.05, 3.63) is 39.3 Å². The zero-order valence-corrected chi connectivity index (χ0v) is 9.29. The second-order valence-corrected chi connectivity index (χ2v) is 3.83. The molecule has 16 heavy (non-hydrogen) atoms. The molecular weight excluding hydrogens is 204 g/mol. The summed E-state index contributed by atoms with van der Waals surface area (Å²) >= 11 is 0. The van der Waals surface area contributed by atoms with Gasteiger partial charge in [-0.05, 0) is 25.5 Å². The summed E-state index contributed by atoms with van der Waals surface area (Å²) in [7, 11) is 0. The predicted molar refractivity (Wildman–Crippen MR) is 62.9 cm³/mol. The molecule has 0 spiro atoms. The van der Waals surface area contributed by atoms with E-state index in [0.29, 0.717) is 23.1 Å². The highest BCUT2D eigenvalue weighted by molar-refractivity contribution is 5.79. The number of rotatable bonds is 2. The topological polar surface area (TPSA) is 83.8 Å². The summed E-state index contributed by atoms with van der Waals surface area (Å²) in [6.45, 7) is 4.16. The SMILES string of the molecule is Cc1cc(C)c2c(=O)c(CNN)c[nH]c2n1. The van der Waals surface area contributed by atoms with Crippen molar-refractivity contribution >= 4 is 11.0 Å². The van der Waals surface area contributed by atoms with E-state index in [1.54, 1.807) is 6.20 Å². The first-order valence-corrected chi connectivity index (χ1v) is 5.05. The third-order valence-electron chi connectivity index (χ3n) is 2.54. The van der Waals surface area contributed by atoms with Crippen LogP contribution in [0.4, 0.5) is 0 Å². The molecule has 2 rings (SSSR count). The van der Waals surface area contributed by atoms with Gasteiger partial charge in [-0.2, -0.15) is 0 Å². The molecule has 0 aliphatic rings. The summed E-state index contributed by atoms with van der Waals surface area (Å²) in [5.74, 6) is 5.22. The van der Waals surface area contributed by atoms with Gasteiger partial charge in [0.1, 0.15) is 5.65 Å². The number of hydrazine groups is 1. The summed E-state index contributed by atoms with van der Waals surface area (Å²) in [4.78, 5) is 19.4. The van der Waals surface area contributed by atoms with Gasteiger partial charge >= 0.3 is 0 Å². The van der Waals surface area contributed by atoms with Crippen LogP contribution in [0.5, 0.6) is 0 Å². The fourth-order valence-electron chi connectivity index (χ4n) is 1.85. The molecule has 2 aromatic rings. The lowest BCUT2D eigenvalue weighted by Gasteiger charge is -2.05. The molecule has 0 radical (unpaired) electrons. The molecule has 5 nitrogen and oxygen atoms in total. The van der Waals surface area contributed by atoms with E-state index >= 15 is 0 Å². The van der Waals surface area contributed by atoms with Crippen molar-refractivity contribution in [1.29, 1.82) is 0 Å². The van der Waals surface area contributed by atoms with Crippen LogP contribution in [-0.2, 0) is 6.54 Å². The molecule has 0 aliphatic heterocycles. The van der Waals surface area contributed by atoms with E-state index in [2.05, 4.69) is 15.4 Å². The van der Waals surface area contributed by atoms with Crippen LogP contribution in [-0.4, -0.2) is 9.97 Å². The summed E-state index contributed by atoms with van der Waals surface area (Å²) in [6, 6.07) is 1.90. The molecule has 84 valence electrons. The molecule has 0 amide bonds. The molecule has 4 N–H and O–H groups in total. The number of nitrogens with zero attached hydrogens (tertiary/aromatic N) is 1. The third-order valence-corrected chi connectivity index (χ3v) is 2.54. The average molecular weight is 218 g/mol. The van der Waals surface area contributed by atoms with Crippen LogP contribution in [0.1, 0.15) is 16.8 Å². The predicted octanol–water partition coefficient (Wildman–Crippen LogP) is 0.503. The van der Waals surface area contributed by atoms with Crippen LogP contribution in [0.2, 0.25) is 0 Å². The largest absolute Gasteiger partial charge is 0.346 e. The smallest absolute Gasteiger partial charge is 0.195 e. The number of pyridine rings is 2. The number of aryl methyl sites for hydroxylation is 2. The normalized spacial score (nSPS) is 10.9. The van der Waals surface area contributed by atoms with Crippen molar-refractivity contribution in [2.45, 2.75) is 20.4 Å². The van der Waals surface area contributed by atoms with Gasteiger partial charge in [0.2, 0.25) is 0 Å². The van der Waals surface area contributed by atoms with E-state index in [-0.39, 0.29) is 5.43 Å². The fourth-order valence-corrected chi connectivity index (χ4v) is 1.85. The van der Waals surface area contributed by atoms with Crippen molar-refractivity contribution in [1.82, 2.24) is 15.4 Å². The number of hydrogen-bond donors (Lipinski definition) is 3. The molecule has 0 aromatic carbocycles. The highest BCUT2D eigenvalue weighted by atomic mass is 16.1. The van der Waals surface area contributed by atoms with E-state index in [0.717, 1.165) is 11.3 Å². The molecule has 5 heteroatoms. The molecule has 0 fully saturated rings. The first kappa shape index (κ1) is 10.8. The van der Waals surface area contributed by atoms with Crippen molar-refractivity contribution < 1.29 is 0 Å². The number of hydrogen-bond acceptors (Lipinski definition) is 4. The Hall–Kier alpha value is -1.72. The fraction of sp³-hybridized carbons (Fsp3) is 0.273. The maximum Gasteiger partial charge on any atom is 0.195 e. The van der Waals surface area contributed by atoms with Gasteiger partial charge in [-0.3, -0.25) is 16.1 Å². The second-order valence-electron chi connectivity index (χ2n) is 3.83. The quantitative estimate of drug-likeness (QED) is 0.506. The van der Waals surface area contributed by atoms with Crippen molar-refractivity contribution in [2.75, 3.05) is 0 Å². The van der Waals surface area contributed by atoms with Crippen LogP contribution >= 0.6 is 0 Å². The minimum atomic E-state index is -0.0169. The summed E-state index contributed by atoms with van der Waals surface area (Å²) < 4.78 is 0. The van der Waals surface area contributed by atoms with Gasteiger partial charge in [-0.15, -0.1) is 0 Å². The summed E-state index contributed by atoms with van der Waals surface area (Å²) in [5.41, 5.74) is 5.53. The Kier molecular flexibility index (Phi) is 2.72. The lowest BCUT2D eigenvalue weighted by atomic mass is 10.1. The first-order valence-electron chi connectivity index (χ1n) is 5.05. The van der Waals surface area contributed by atoms with Gasteiger partial charge in [-0.25, -0.2) is 4.98 Å². The van der Waals surface area contributed by atoms with Gasteiger partial charge in [0.05, 0.1) is 5.39 Å². The summed E-state index contributed by atoms with van der Waals surface area (Å²) in [5, 5.41) is 0.637. The monoisotopic (exact) mass is 218 g/mol. The van der Waals surface area contributed by atoms with E-state index in [1.165, 1.54) is 0 Å². The third kappa shape index (κ3) is 1.70. The second kappa shape index (κ2) is 4.03. The zero-order chi connectivity index (χ0) is 11.7. The highest BCUT2D eigenvalue weighted by Gasteiger charge is 2.08. The Morgan fingerprint density at radius 1 is 1.50 bits per heavy atom.